The monoisotopic (exact) mass is 272 g/mol. The van der Waals surface area contributed by atoms with Gasteiger partial charge in [0.25, 0.3) is 0 Å². The van der Waals surface area contributed by atoms with Crippen LogP contribution < -0.4 is 15.2 Å². The molecule has 0 aliphatic carbocycles. The highest BCUT2D eigenvalue weighted by Crippen LogP contribution is 2.24. The minimum Gasteiger partial charge on any atom is -0.497 e. The molecule has 6 nitrogen and oxygen atoms in total. The topological polar surface area (TPSA) is 75.2 Å². The number of aromatic nitrogens is 3. The molecule has 0 bridgehead atoms. The molecule has 2 N–H and O–H groups in total. The van der Waals surface area contributed by atoms with Crippen LogP contribution in [0.4, 0.5) is 0 Å². The number of ether oxygens (including phenoxy) is 2. The van der Waals surface area contributed by atoms with Gasteiger partial charge >= 0.3 is 0 Å². The predicted molar refractivity (Wildman–Crippen MR) is 74.3 cm³/mol. The smallest absolute Gasteiger partial charge is 0.164 e. The standard InChI is InChI=1S/C14H16N4O2/c1-18-14(16-10-17-18)9-20-13-6-5-12(19-2)8-11(13)4-3-7-15/h5-6,8,10H,7,9,15H2,1-2H3. The predicted octanol–water partition coefficient (Wildman–Crippen LogP) is 0.713. The molecule has 1 heterocycles. The van der Waals surface area contributed by atoms with E-state index in [9.17, 15) is 0 Å². The highest BCUT2D eigenvalue weighted by atomic mass is 16.5. The average Bonchev–Trinajstić information content (AvgIpc) is 2.88. The molecule has 104 valence electrons. The summed E-state index contributed by atoms with van der Waals surface area (Å²) in [6.45, 7) is 0.611. The largest absolute Gasteiger partial charge is 0.497 e. The Morgan fingerprint density at radius 3 is 2.90 bits per heavy atom. The summed E-state index contributed by atoms with van der Waals surface area (Å²) in [5.41, 5.74) is 6.13. The molecule has 0 saturated carbocycles. The minimum atomic E-state index is 0.292. The van der Waals surface area contributed by atoms with Crippen LogP contribution in [0, 0.1) is 11.8 Å². The van der Waals surface area contributed by atoms with Crippen molar-refractivity contribution in [3.63, 3.8) is 0 Å². The Kier molecular flexibility index (Phi) is 4.58. The van der Waals surface area contributed by atoms with Crippen LogP contribution >= 0.6 is 0 Å². The van der Waals surface area contributed by atoms with Crippen LogP contribution in [-0.4, -0.2) is 28.4 Å². The molecule has 0 saturated heterocycles. The van der Waals surface area contributed by atoms with E-state index in [0.717, 1.165) is 17.1 Å². The summed E-state index contributed by atoms with van der Waals surface area (Å²) in [7, 11) is 3.42. The second-order valence-electron chi connectivity index (χ2n) is 3.96. The van der Waals surface area contributed by atoms with E-state index in [1.807, 2.05) is 25.2 Å². The Morgan fingerprint density at radius 1 is 1.40 bits per heavy atom. The van der Waals surface area contributed by atoms with Gasteiger partial charge in [-0.05, 0) is 18.2 Å². The molecule has 6 heteroatoms. The summed E-state index contributed by atoms with van der Waals surface area (Å²) in [5.74, 6) is 7.90. The normalized spacial score (nSPS) is 9.75. The SMILES string of the molecule is COc1ccc(OCc2ncnn2C)c(C#CCN)c1. The molecule has 0 fully saturated rings. The zero-order chi connectivity index (χ0) is 14.4. The van der Waals surface area contributed by atoms with Crippen LogP contribution in [0.2, 0.25) is 0 Å². The summed E-state index contributed by atoms with van der Waals surface area (Å²) in [6.07, 6.45) is 1.49. The molecule has 0 atom stereocenters. The molecular weight excluding hydrogens is 256 g/mol. The highest BCUT2D eigenvalue weighted by molar-refractivity contribution is 5.50. The first-order valence-electron chi connectivity index (χ1n) is 6.07. The fourth-order valence-electron chi connectivity index (χ4n) is 1.60. The molecule has 0 aliphatic rings. The molecule has 0 unspecified atom stereocenters. The van der Waals surface area contributed by atoms with Gasteiger partial charge in [-0.25, -0.2) is 4.98 Å². The zero-order valence-corrected chi connectivity index (χ0v) is 11.5. The molecule has 0 aliphatic heterocycles. The van der Waals surface area contributed by atoms with Gasteiger partial charge in [0.2, 0.25) is 0 Å². The minimum absolute atomic E-state index is 0.292. The maximum atomic E-state index is 5.74. The Bertz CT molecular complexity index is 640. The van der Waals surface area contributed by atoms with Crippen molar-refractivity contribution < 1.29 is 9.47 Å². The van der Waals surface area contributed by atoms with Crippen LogP contribution in [0.15, 0.2) is 24.5 Å². The van der Waals surface area contributed by atoms with E-state index in [4.69, 9.17) is 15.2 Å². The number of hydrogen-bond donors (Lipinski definition) is 1. The van der Waals surface area contributed by atoms with E-state index in [-0.39, 0.29) is 0 Å². The lowest BCUT2D eigenvalue weighted by atomic mass is 10.2. The van der Waals surface area contributed by atoms with Crippen LogP contribution in [0.3, 0.4) is 0 Å². The Morgan fingerprint density at radius 2 is 2.25 bits per heavy atom. The summed E-state index contributed by atoms with van der Waals surface area (Å²) in [6, 6.07) is 5.45. The molecular formula is C14H16N4O2. The third-order valence-electron chi connectivity index (χ3n) is 2.67. The second-order valence-corrected chi connectivity index (χ2v) is 3.96. The average molecular weight is 272 g/mol. The first-order valence-corrected chi connectivity index (χ1v) is 6.07. The third-order valence-corrected chi connectivity index (χ3v) is 2.67. The van der Waals surface area contributed by atoms with Gasteiger partial charge in [-0.2, -0.15) is 5.10 Å². The number of benzene rings is 1. The Hall–Kier alpha value is -2.52. The molecule has 1 aromatic heterocycles. The number of aryl methyl sites for hydroxylation is 1. The quantitative estimate of drug-likeness (QED) is 0.830. The third kappa shape index (κ3) is 3.28. The zero-order valence-electron chi connectivity index (χ0n) is 11.5. The lowest BCUT2D eigenvalue weighted by molar-refractivity contribution is 0.288. The van der Waals surface area contributed by atoms with Crippen LogP contribution in [0.5, 0.6) is 11.5 Å². The number of rotatable bonds is 4. The lowest BCUT2D eigenvalue weighted by Gasteiger charge is -2.09. The number of nitrogens with two attached hydrogens (primary N) is 1. The molecule has 20 heavy (non-hydrogen) atoms. The van der Waals surface area contributed by atoms with Crippen molar-refractivity contribution in [2.75, 3.05) is 13.7 Å². The van der Waals surface area contributed by atoms with Gasteiger partial charge in [0.15, 0.2) is 5.82 Å². The Balaban J connectivity index is 2.19. The van der Waals surface area contributed by atoms with E-state index in [2.05, 4.69) is 21.9 Å². The second kappa shape index (κ2) is 6.59. The molecule has 0 amide bonds. The molecule has 0 radical (unpaired) electrons. The first kappa shape index (κ1) is 13.9. The van der Waals surface area contributed by atoms with Crippen molar-refractivity contribution >= 4 is 0 Å². The first-order chi connectivity index (χ1) is 9.74. The van der Waals surface area contributed by atoms with Gasteiger partial charge < -0.3 is 15.2 Å². The van der Waals surface area contributed by atoms with Crippen molar-refractivity contribution in [2.45, 2.75) is 6.61 Å². The van der Waals surface area contributed by atoms with E-state index in [1.54, 1.807) is 11.8 Å². The van der Waals surface area contributed by atoms with Crippen LogP contribution in [-0.2, 0) is 13.7 Å². The van der Waals surface area contributed by atoms with Crippen molar-refractivity contribution in [3.05, 3.63) is 35.9 Å². The van der Waals surface area contributed by atoms with Gasteiger partial charge in [0.1, 0.15) is 24.4 Å². The molecule has 2 aromatic rings. The lowest BCUT2D eigenvalue weighted by Crippen LogP contribution is -2.05. The highest BCUT2D eigenvalue weighted by Gasteiger charge is 2.06. The van der Waals surface area contributed by atoms with Crippen molar-refractivity contribution in [1.29, 1.82) is 0 Å². The molecule has 0 spiro atoms. The fraction of sp³-hybridized carbons (Fsp3) is 0.286. The van der Waals surface area contributed by atoms with Crippen LogP contribution in [0.1, 0.15) is 11.4 Å². The van der Waals surface area contributed by atoms with Gasteiger partial charge in [0.05, 0.1) is 19.2 Å². The van der Waals surface area contributed by atoms with E-state index in [0.29, 0.717) is 18.9 Å². The summed E-state index contributed by atoms with van der Waals surface area (Å²) < 4.78 is 12.6. The summed E-state index contributed by atoms with van der Waals surface area (Å²) >= 11 is 0. The van der Waals surface area contributed by atoms with Crippen LogP contribution in [0.25, 0.3) is 0 Å². The maximum absolute atomic E-state index is 5.74. The number of nitrogens with zero attached hydrogens (tertiary/aromatic N) is 3. The molecule has 1 aromatic carbocycles. The number of methoxy groups -OCH3 is 1. The fourth-order valence-corrected chi connectivity index (χ4v) is 1.60. The van der Waals surface area contributed by atoms with E-state index in [1.165, 1.54) is 6.33 Å². The summed E-state index contributed by atoms with van der Waals surface area (Å²) in [4.78, 5) is 4.10. The summed E-state index contributed by atoms with van der Waals surface area (Å²) in [5, 5.41) is 3.99. The van der Waals surface area contributed by atoms with E-state index >= 15 is 0 Å². The van der Waals surface area contributed by atoms with Gasteiger partial charge in [-0.1, -0.05) is 11.8 Å². The Labute approximate surface area is 117 Å². The van der Waals surface area contributed by atoms with Gasteiger partial charge in [-0.15, -0.1) is 0 Å². The van der Waals surface area contributed by atoms with E-state index < -0.39 is 0 Å². The van der Waals surface area contributed by atoms with Crippen molar-refractivity contribution in [3.8, 4) is 23.3 Å². The van der Waals surface area contributed by atoms with Crippen molar-refractivity contribution in [1.82, 2.24) is 14.8 Å². The van der Waals surface area contributed by atoms with Gasteiger partial charge in [-0.3, -0.25) is 4.68 Å². The van der Waals surface area contributed by atoms with Crippen molar-refractivity contribution in [2.24, 2.45) is 12.8 Å². The molecule has 2 rings (SSSR count). The van der Waals surface area contributed by atoms with Gasteiger partial charge in [0, 0.05) is 7.05 Å². The number of hydrogen-bond acceptors (Lipinski definition) is 5. The maximum Gasteiger partial charge on any atom is 0.164 e.